The number of amides is 1. The van der Waals surface area contributed by atoms with Gasteiger partial charge in [0.15, 0.2) is 0 Å². The van der Waals surface area contributed by atoms with Gasteiger partial charge in [-0.05, 0) is 51.5 Å². The number of hydrogen-bond acceptors (Lipinski definition) is 4. The Bertz CT molecular complexity index is 273. The summed E-state index contributed by atoms with van der Waals surface area (Å²) in [4.78, 5) is 11.9. The molecule has 1 rings (SSSR count). The molecule has 0 bridgehead atoms. The van der Waals surface area contributed by atoms with Gasteiger partial charge in [0.1, 0.15) is 6.04 Å². The lowest BCUT2D eigenvalue weighted by atomic mass is 10.1. The van der Waals surface area contributed by atoms with Crippen LogP contribution in [0.15, 0.2) is 0 Å². The van der Waals surface area contributed by atoms with E-state index in [1.165, 1.54) is 12.2 Å². The van der Waals surface area contributed by atoms with Crippen molar-refractivity contribution < 1.29 is 9.53 Å². The van der Waals surface area contributed by atoms with Crippen LogP contribution >= 0.6 is 11.8 Å². The Labute approximate surface area is 114 Å². The fourth-order valence-electron chi connectivity index (χ4n) is 1.95. The van der Waals surface area contributed by atoms with E-state index in [1.807, 2.05) is 39.5 Å². The van der Waals surface area contributed by atoms with Gasteiger partial charge in [-0.25, -0.2) is 0 Å². The Morgan fingerprint density at radius 2 is 2.22 bits per heavy atom. The first-order valence-corrected chi connectivity index (χ1v) is 7.74. The Morgan fingerprint density at radius 3 is 2.72 bits per heavy atom. The number of nitrogens with two attached hydrogens (primary N) is 1. The highest BCUT2D eigenvalue weighted by molar-refractivity contribution is 7.99. The molecule has 3 atom stereocenters. The zero-order valence-corrected chi connectivity index (χ0v) is 12.7. The summed E-state index contributed by atoms with van der Waals surface area (Å²) in [6, 6.07) is -0.599. The Balaban J connectivity index is 2.31. The topological polar surface area (TPSA) is 64.3 Å². The first-order valence-electron chi connectivity index (χ1n) is 6.58. The fourth-order valence-corrected chi connectivity index (χ4v) is 3.24. The number of ether oxygens (including phenoxy) is 1. The van der Waals surface area contributed by atoms with E-state index < -0.39 is 6.04 Å². The minimum Gasteiger partial charge on any atom is -0.371 e. The second-order valence-corrected chi connectivity index (χ2v) is 7.09. The molecule has 0 aromatic carbocycles. The van der Waals surface area contributed by atoms with Crippen molar-refractivity contribution in [2.24, 2.45) is 11.7 Å². The lowest BCUT2D eigenvalue weighted by Gasteiger charge is -2.28. The van der Waals surface area contributed by atoms with E-state index in [2.05, 4.69) is 5.32 Å². The third kappa shape index (κ3) is 5.59. The van der Waals surface area contributed by atoms with Crippen LogP contribution in [0.1, 0.15) is 34.1 Å². The number of carbonyl (C=O) groups excluding carboxylic acids is 1. The predicted molar refractivity (Wildman–Crippen MR) is 76.7 cm³/mol. The van der Waals surface area contributed by atoms with Crippen molar-refractivity contribution in [3.63, 3.8) is 0 Å². The first kappa shape index (κ1) is 15.8. The minimum atomic E-state index is -0.599. The van der Waals surface area contributed by atoms with Gasteiger partial charge in [0.2, 0.25) is 5.91 Å². The predicted octanol–water partition coefficient (Wildman–Crippen LogP) is 1.39. The van der Waals surface area contributed by atoms with Crippen molar-refractivity contribution in [2.45, 2.75) is 51.9 Å². The van der Waals surface area contributed by atoms with Crippen molar-refractivity contribution in [1.82, 2.24) is 5.32 Å². The number of carbonyl (C=O) groups is 1. The molecule has 0 radical (unpaired) electrons. The van der Waals surface area contributed by atoms with Crippen molar-refractivity contribution >= 4 is 17.7 Å². The number of nitrogens with one attached hydrogen (secondary N) is 1. The average Bonchev–Trinajstić information content (AvgIpc) is 2.75. The van der Waals surface area contributed by atoms with E-state index >= 15 is 0 Å². The maximum atomic E-state index is 11.9. The van der Waals surface area contributed by atoms with E-state index in [0.29, 0.717) is 5.92 Å². The summed E-state index contributed by atoms with van der Waals surface area (Å²) in [5.74, 6) is 2.84. The molecule has 0 spiro atoms. The first-order chi connectivity index (χ1) is 8.29. The van der Waals surface area contributed by atoms with Crippen LogP contribution in [-0.4, -0.2) is 41.7 Å². The van der Waals surface area contributed by atoms with Crippen molar-refractivity contribution in [3.05, 3.63) is 0 Å². The molecule has 0 aromatic rings. The van der Waals surface area contributed by atoms with Crippen LogP contribution in [0.4, 0.5) is 0 Å². The zero-order valence-electron chi connectivity index (χ0n) is 11.9. The molecular weight excluding hydrogens is 248 g/mol. The van der Waals surface area contributed by atoms with Gasteiger partial charge in [0.05, 0.1) is 11.7 Å². The summed E-state index contributed by atoms with van der Waals surface area (Å²) < 4.78 is 5.70. The molecule has 1 saturated heterocycles. The van der Waals surface area contributed by atoms with Crippen LogP contribution in [-0.2, 0) is 9.53 Å². The second-order valence-electron chi connectivity index (χ2n) is 5.94. The van der Waals surface area contributed by atoms with Gasteiger partial charge in [0.25, 0.3) is 0 Å². The molecule has 0 saturated carbocycles. The van der Waals surface area contributed by atoms with Crippen LogP contribution in [0.25, 0.3) is 0 Å². The zero-order chi connectivity index (χ0) is 13.8. The molecule has 1 heterocycles. The highest BCUT2D eigenvalue weighted by Gasteiger charge is 2.26. The summed E-state index contributed by atoms with van der Waals surface area (Å²) in [6.45, 7) is 8.47. The van der Waals surface area contributed by atoms with Gasteiger partial charge in [-0.15, -0.1) is 0 Å². The Hall–Kier alpha value is -0.260. The molecule has 1 amide bonds. The molecular formula is C13H26N2O2S. The standard InChI is InChI=1S/C13H26N2O2S/c1-9(17-13(2,3)4)11(14)12(16)15-7-10-5-6-18-8-10/h9-11H,5-8,14H2,1-4H3,(H,15,16)/t9-,10?,11+/m1/s1. The molecule has 1 fully saturated rings. The van der Waals surface area contributed by atoms with Gasteiger partial charge < -0.3 is 15.8 Å². The normalized spacial score (nSPS) is 23.7. The summed E-state index contributed by atoms with van der Waals surface area (Å²) in [7, 11) is 0. The molecule has 18 heavy (non-hydrogen) atoms. The fraction of sp³-hybridized carbons (Fsp3) is 0.923. The Morgan fingerprint density at radius 1 is 1.56 bits per heavy atom. The summed E-state index contributed by atoms with van der Waals surface area (Å²) in [5.41, 5.74) is 5.63. The number of hydrogen-bond donors (Lipinski definition) is 2. The Kier molecular flexibility index (Phi) is 5.95. The molecule has 4 nitrogen and oxygen atoms in total. The number of rotatable bonds is 5. The molecule has 5 heteroatoms. The SMILES string of the molecule is C[C@@H](OC(C)(C)C)[C@H](N)C(=O)NCC1CCSC1. The molecule has 3 N–H and O–H groups in total. The van der Waals surface area contributed by atoms with Gasteiger partial charge in [-0.2, -0.15) is 11.8 Å². The maximum Gasteiger partial charge on any atom is 0.239 e. The minimum absolute atomic E-state index is 0.108. The van der Waals surface area contributed by atoms with Crippen LogP contribution in [0.2, 0.25) is 0 Å². The molecule has 1 aliphatic heterocycles. The van der Waals surface area contributed by atoms with E-state index in [0.717, 1.165) is 12.3 Å². The van der Waals surface area contributed by atoms with Gasteiger partial charge >= 0.3 is 0 Å². The largest absolute Gasteiger partial charge is 0.371 e. The third-order valence-corrected chi connectivity index (χ3v) is 4.17. The number of thioether (sulfide) groups is 1. The highest BCUT2D eigenvalue weighted by atomic mass is 32.2. The maximum absolute atomic E-state index is 11.9. The molecule has 106 valence electrons. The van der Waals surface area contributed by atoms with Crippen molar-refractivity contribution in [2.75, 3.05) is 18.1 Å². The van der Waals surface area contributed by atoms with Crippen LogP contribution in [0, 0.1) is 5.92 Å². The third-order valence-electron chi connectivity index (χ3n) is 2.94. The second kappa shape index (κ2) is 6.78. The summed E-state index contributed by atoms with van der Waals surface area (Å²) in [6.07, 6.45) is 0.914. The lowest BCUT2D eigenvalue weighted by Crippen LogP contribution is -2.50. The lowest BCUT2D eigenvalue weighted by molar-refractivity contribution is -0.129. The molecule has 1 aliphatic rings. The molecule has 0 aromatic heterocycles. The van der Waals surface area contributed by atoms with E-state index in [-0.39, 0.29) is 17.6 Å². The monoisotopic (exact) mass is 274 g/mol. The van der Waals surface area contributed by atoms with Crippen molar-refractivity contribution in [3.8, 4) is 0 Å². The van der Waals surface area contributed by atoms with Gasteiger partial charge in [-0.1, -0.05) is 0 Å². The average molecular weight is 274 g/mol. The van der Waals surface area contributed by atoms with Crippen LogP contribution in [0.3, 0.4) is 0 Å². The van der Waals surface area contributed by atoms with E-state index in [4.69, 9.17) is 10.5 Å². The summed E-state index contributed by atoms with van der Waals surface area (Å²) >= 11 is 1.95. The smallest absolute Gasteiger partial charge is 0.239 e. The highest BCUT2D eigenvalue weighted by Crippen LogP contribution is 2.22. The van der Waals surface area contributed by atoms with Crippen LogP contribution < -0.4 is 11.1 Å². The summed E-state index contributed by atoms with van der Waals surface area (Å²) in [5, 5.41) is 2.93. The van der Waals surface area contributed by atoms with Gasteiger partial charge in [0, 0.05) is 6.54 Å². The quantitative estimate of drug-likeness (QED) is 0.795. The van der Waals surface area contributed by atoms with Crippen molar-refractivity contribution in [1.29, 1.82) is 0 Å². The molecule has 1 unspecified atom stereocenters. The van der Waals surface area contributed by atoms with Gasteiger partial charge in [-0.3, -0.25) is 4.79 Å². The van der Waals surface area contributed by atoms with Crippen LogP contribution in [0.5, 0.6) is 0 Å². The molecule has 0 aliphatic carbocycles. The van der Waals surface area contributed by atoms with E-state index in [9.17, 15) is 4.79 Å². The van der Waals surface area contributed by atoms with E-state index in [1.54, 1.807) is 0 Å².